The van der Waals surface area contributed by atoms with E-state index >= 15 is 0 Å². The fourth-order valence-corrected chi connectivity index (χ4v) is 2.57. The van der Waals surface area contributed by atoms with Gasteiger partial charge in [-0.05, 0) is 18.3 Å². The summed E-state index contributed by atoms with van der Waals surface area (Å²) >= 11 is 0. The number of halogens is 3. The van der Waals surface area contributed by atoms with Crippen molar-refractivity contribution >= 4 is 12.0 Å². The molecule has 2 unspecified atom stereocenters. The highest BCUT2D eigenvalue weighted by molar-refractivity contribution is 5.77. The molecule has 0 radical (unpaired) electrons. The summed E-state index contributed by atoms with van der Waals surface area (Å²) in [4.78, 5) is 23.6. The van der Waals surface area contributed by atoms with Crippen molar-refractivity contribution in [2.75, 3.05) is 19.6 Å². The normalized spacial score (nSPS) is 33.1. The first kappa shape index (κ1) is 14.9. The molecule has 114 valence electrons. The SMILES string of the molecule is CC1CC1CNC(=O)N1C[C@@H](C(F)(F)F)[C@H](C(=O)O)C1. The second kappa shape index (κ2) is 5.14. The van der Waals surface area contributed by atoms with Gasteiger partial charge in [-0.15, -0.1) is 0 Å². The van der Waals surface area contributed by atoms with Crippen LogP contribution in [0.1, 0.15) is 13.3 Å². The van der Waals surface area contributed by atoms with Crippen LogP contribution in [-0.2, 0) is 4.79 Å². The zero-order valence-electron chi connectivity index (χ0n) is 11.0. The zero-order valence-corrected chi connectivity index (χ0v) is 11.0. The number of carbonyl (C=O) groups excluding carboxylic acids is 1. The van der Waals surface area contributed by atoms with Crippen LogP contribution in [-0.4, -0.2) is 47.8 Å². The number of carboxylic acids is 1. The summed E-state index contributed by atoms with van der Waals surface area (Å²) in [6.07, 6.45) is -3.60. The Labute approximate surface area is 114 Å². The number of urea groups is 1. The topological polar surface area (TPSA) is 69.6 Å². The van der Waals surface area contributed by atoms with E-state index in [1.807, 2.05) is 6.92 Å². The molecule has 2 amide bonds. The molecule has 5 nitrogen and oxygen atoms in total. The number of amides is 2. The third kappa shape index (κ3) is 3.16. The van der Waals surface area contributed by atoms with Crippen LogP contribution in [0.4, 0.5) is 18.0 Å². The van der Waals surface area contributed by atoms with Gasteiger partial charge >= 0.3 is 18.2 Å². The number of alkyl halides is 3. The third-order valence-electron chi connectivity index (χ3n) is 4.14. The van der Waals surface area contributed by atoms with E-state index in [4.69, 9.17) is 5.11 Å². The third-order valence-corrected chi connectivity index (χ3v) is 4.14. The van der Waals surface area contributed by atoms with E-state index in [9.17, 15) is 22.8 Å². The summed E-state index contributed by atoms with van der Waals surface area (Å²) in [5.41, 5.74) is 0. The molecule has 2 N–H and O–H groups in total. The van der Waals surface area contributed by atoms with Crippen molar-refractivity contribution in [2.24, 2.45) is 23.7 Å². The minimum atomic E-state index is -4.61. The smallest absolute Gasteiger partial charge is 0.394 e. The Morgan fingerprint density at radius 1 is 1.35 bits per heavy atom. The Kier molecular flexibility index (Phi) is 3.84. The average Bonchev–Trinajstić information content (AvgIpc) is 2.87. The number of nitrogens with zero attached hydrogens (tertiary/aromatic N) is 1. The van der Waals surface area contributed by atoms with Crippen molar-refractivity contribution < 1.29 is 27.9 Å². The van der Waals surface area contributed by atoms with E-state index in [0.717, 1.165) is 11.3 Å². The quantitative estimate of drug-likeness (QED) is 0.829. The van der Waals surface area contributed by atoms with Crippen LogP contribution >= 0.6 is 0 Å². The van der Waals surface area contributed by atoms with Crippen molar-refractivity contribution in [3.8, 4) is 0 Å². The number of aliphatic carboxylic acids is 1. The molecule has 8 heteroatoms. The number of carboxylic acid groups (broad SMARTS) is 1. The van der Waals surface area contributed by atoms with Gasteiger partial charge in [0.05, 0.1) is 11.8 Å². The lowest BCUT2D eigenvalue weighted by Crippen LogP contribution is -2.40. The first-order valence-electron chi connectivity index (χ1n) is 6.52. The van der Waals surface area contributed by atoms with Crippen molar-refractivity contribution in [3.63, 3.8) is 0 Å². The summed E-state index contributed by atoms with van der Waals surface area (Å²) in [5.74, 6) is -4.18. The van der Waals surface area contributed by atoms with Crippen LogP contribution in [0.15, 0.2) is 0 Å². The van der Waals surface area contributed by atoms with Crippen LogP contribution in [0.3, 0.4) is 0 Å². The molecule has 2 rings (SSSR count). The van der Waals surface area contributed by atoms with Crippen LogP contribution < -0.4 is 5.32 Å². The molecule has 1 saturated heterocycles. The van der Waals surface area contributed by atoms with Crippen molar-refractivity contribution in [1.29, 1.82) is 0 Å². The number of hydrogen-bond acceptors (Lipinski definition) is 2. The van der Waals surface area contributed by atoms with E-state index in [0.29, 0.717) is 18.4 Å². The van der Waals surface area contributed by atoms with Crippen LogP contribution in [0.5, 0.6) is 0 Å². The highest BCUT2D eigenvalue weighted by Crippen LogP contribution is 2.38. The molecule has 2 aliphatic rings. The van der Waals surface area contributed by atoms with Crippen molar-refractivity contribution in [1.82, 2.24) is 10.2 Å². The molecule has 1 saturated carbocycles. The Bertz CT molecular complexity index is 413. The first-order chi connectivity index (χ1) is 9.20. The monoisotopic (exact) mass is 294 g/mol. The molecule has 2 fully saturated rings. The summed E-state index contributed by atoms with van der Waals surface area (Å²) in [5, 5.41) is 11.4. The Morgan fingerprint density at radius 3 is 2.35 bits per heavy atom. The maximum Gasteiger partial charge on any atom is 0.394 e. The van der Waals surface area contributed by atoms with Gasteiger partial charge in [-0.1, -0.05) is 6.92 Å². The molecule has 0 bridgehead atoms. The van der Waals surface area contributed by atoms with Gasteiger partial charge < -0.3 is 15.3 Å². The second-order valence-electron chi connectivity index (χ2n) is 5.66. The van der Waals surface area contributed by atoms with Gasteiger partial charge in [-0.25, -0.2) is 4.79 Å². The predicted octanol–water partition coefficient (Wildman–Crippen LogP) is 1.55. The minimum Gasteiger partial charge on any atom is -0.481 e. The number of carbonyl (C=O) groups is 2. The number of likely N-dealkylation sites (tertiary alicyclic amines) is 1. The van der Waals surface area contributed by atoms with Gasteiger partial charge in [-0.3, -0.25) is 4.79 Å². The Balaban J connectivity index is 1.93. The Morgan fingerprint density at radius 2 is 1.95 bits per heavy atom. The highest BCUT2D eigenvalue weighted by Gasteiger charge is 2.53. The second-order valence-corrected chi connectivity index (χ2v) is 5.66. The van der Waals surface area contributed by atoms with Crippen LogP contribution in [0, 0.1) is 23.7 Å². The van der Waals surface area contributed by atoms with Gasteiger partial charge in [0.1, 0.15) is 0 Å². The lowest BCUT2D eigenvalue weighted by atomic mass is 9.96. The molecule has 1 aliphatic carbocycles. The first-order valence-corrected chi connectivity index (χ1v) is 6.52. The molecule has 1 aliphatic heterocycles. The molecular formula is C12H17F3N2O3. The lowest BCUT2D eigenvalue weighted by molar-refractivity contribution is -0.187. The predicted molar refractivity (Wildman–Crippen MR) is 62.9 cm³/mol. The standard InChI is InChI=1S/C12H17F3N2O3/c1-6-2-7(6)3-16-11(20)17-4-8(10(18)19)9(5-17)12(13,14)15/h6-9H,2-5H2,1H3,(H,16,20)(H,18,19)/t6?,7?,8-,9-/m1/s1. The molecule has 0 aromatic heterocycles. The van der Waals surface area contributed by atoms with Crippen molar-refractivity contribution in [3.05, 3.63) is 0 Å². The lowest BCUT2D eigenvalue weighted by Gasteiger charge is -2.18. The molecular weight excluding hydrogens is 277 g/mol. The van der Waals surface area contributed by atoms with E-state index in [2.05, 4.69) is 5.32 Å². The van der Waals surface area contributed by atoms with Crippen LogP contribution in [0.2, 0.25) is 0 Å². The molecule has 4 atom stereocenters. The largest absolute Gasteiger partial charge is 0.481 e. The number of rotatable bonds is 3. The highest BCUT2D eigenvalue weighted by atomic mass is 19.4. The molecule has 1 heterocycles. The summed E-state index contributed by atoms with van der Waals surface area (Å²) in [7, 11) is 0. The van der Waals surface area contributed by atoms with Crippen LogP contribution in [0.25, 0.3) is 0 Å². The maximum absolute atomic E-state index is 12.8. The molecule has 20 heavy (non-hydrogen) atoms. The Hall–Kier alpha value is -1.47. The fraction of sp³-hybridized carbons (Fsp3) is 0.833. The van der Waals surface area contributed by atoms with Gasteiger partial charge in [0.15, 0.2) is 0 Å². The summed E-state index contributed by atoms with van der Waals surface area (Å²) < 4.78 is 38.3. The molecule has 0 aromatic carbocycles. The summed E-state index contributed by atoms with van der Waals surface area (Å²) in [6, 6.07) is -0.609. The van der Waals surface area contributed by atoms with E-state index in [1.165, 1.54) is 0 Å². The van der Waals surface area contributed by atoms with Gasteiger partial charge in [0, 0.05) is 19.6 Å². The van der Waals surface area contributed by atoms with Gasteiger partial charge in [0.2, 0.25) is 0 Å². The van der Waals surface area contributed by atoms with Gasteiger partial charge in [-0.2, -0.15) is 13.2 Å². The van der Waals surface area contributed by atoms with E-state index < -0.39 is 43.1 Å². The summed E-state index contributed by atoms with van der Waals surface area (Å²) in [6.45, 7) is 1.48. The van der Waals surface area contributed by atoms with Crippen molar-refractivity contribution in [2.45, 2.75) is 19.5 Å². The maximum atomic E-state index is 12.8. The minimum absolute atomic E-state index is 0.384. The number of hydrogen-bond donors (Lipinski definition) is 2. The molecule has 0 spiro atoms. The zero-order chi connectivity index (χ0) is 15.1. The average molecular weight is 294 g/mol. The van der Waals surface area contributed by atoms with E-state index in [-0.39, 0.29) is 0 Å². The van der Waals surface area contributed by atoms with E-state index in [1.54, 1.807) is 0 Å². The number of nitrogens with one attached hydrogen (secondary N) is 1. The van der Waals surface area contributed by atoms with Gasteiger partial charge in [0.25, 0.3) is 0 Å². The molecule has 0 aromatic rings. The fourth-order valence-electron chi connectivity index (χ4n) is 2.57.